The smallest absolute Gasteiger partial charge is 0.176 e. The highest BCUT2D eigenvalue weighted by molar-refractivity contribution is 6.34. The van der Waals surface area contributed by atoms with Crippen molar-refractivity contribution in [3.05, 3.63) is 76.5 Å². The van der Waals surface area contributed by atoms with E-state index in [0.717, 1.165) is 52.6 Å². The second kappa shape index (κ2) is 6.53. The third kappa shape index (κ3) is 2.52. The highest BCUT2D eigenvalue weighted by atomic mass is 35.5. The standard InChI is InChI=1S/C22H18ClN7/c1-13-20(23)22-25-21(15-7-3-5-9-17(15)30(22)28-13)24-12-19-27-26-18-11-10-14-6-2-4-8-16(14)29(18)19/h2-9H,10-12H2,1H3,(H,24,25). The molecule has 148 valence electrons. The number of aromatic nitrogens is 6. The summed E-state index contributed by atoms with van der Waals surface area (Å²) in [6, 6.07) is 16.5. The molecular weight excluding hydrogens is 398 g/mol. The van der Waals surface area contributed by atoms with E-state index in [2.05, 4.69) is 49.4 Å². The monoisotopic (exact) mass is 415 g/mol. The van der Waals surface area contributed by atoms with Crippen LogP contribution in [-0.2, 0) is 19.4 Å². The minimum absolute atomic E-state index is 0.499. The molecule has 1 aliphatic rings. The fourth-order valence-electron chi connectivity index (χ4n) is 4.18. The number of hydrogen-bond acceptors (Lipinski definition) is 5. The van der Waals surface area contributed by atoms with Crippen LogP contribution in [0, 0.1) is 6.92 Å². The van der Waals surface area contributed by atoms with Gasteiger partial charge in [-0.1, -0.05) is 41.9 Å². The van der Waals surface area contributed by atoms with Gasteiger partial charge in [0.05, 0.1) is 23.4 Å². The fourth-order valence-corrected chi connectivity index (χ4v) is 4.34. The Bertz CT molecular complexity index is 1430. The summed E-state index contributed by atoms with van der Waals surface area (Å²) in [5.41, 5.74) is 4.83. The van der Waals surface area contributed by atoms with Gasteiger partial charge in [-0.2, -0.15) is 5.10 Å². The minimum atomic E-state index is 0.499. The van der Waals surface area contributed by atoms with Crippen LogP contribution in [0.5, 0.6) is 0 Å². The first-order valence-electron chi connectivity index (χ1n) is 9.89. The van der Waals surface area contributed by atoms with E-state index >= 15 is 0 Å². The van der Waals surface area contributed by atoms with Crippen LogP contribution >= 0.6 is 11.6 Å². The molecule has 1 N–H and O–H groups in total. The van der Waals surface area contributed by atoms with Crippen LogP contribution in [0.15, 0.2) is 48.5 Å². The molecule has 30 heavy (non-hydrogen) atoms. The summed E-state index contributed by atoms with van der Waals surface area (Å²) in [7, 11) is 0. The van der Waals surface area contributed by atoms with Crippen LogP contribution in [0.25, 0.3) is 22.2 Å². The molecule has 0 amide bonds. The lowest BCUT2D eigenvalue weighted by molar-refractivity contribution is 0.757. The molecule has 7 nitrogen and oxygen atoms in total. The summed E-state index contributed by atoms with van der Waals surface area (Å²) in [4.78, 5) is 4.78. The van der Waals surface area contributed by atoms with Crippen molar-refractivity contribution in [2.45, 2.75) is 26.3 Å². The highest BCUT2D eigenvalue weighted by Crippen LogP contribution is 2.29. The van der Waals surface area contributed by atoms with E-state index in [4.69, 9.17) is 16.6 Å². The van der Waals surface area contributed by atoms with E-state index in [9.17, 15) is 0 Å². The largest absolute Gasteiger partial charge is 0.362 e. The van der Waals surface area contributed by atoms with E-state index in [1.54, 1.807) is 4.52 Å². The number of fused-ring (bicyclic) bond motifs is 6. The Morgan fingerprint density at radius 1 is 1.03 bits per heavy atom. The molecule has 4 heterocycles. The van der Waals surface area contributed by atoms with E-state index in [1.807, 2.05) is 31.2 Å². The molecule has 0 unspecified atom stereocenters. The van der Waals surface area contributed by atoms with E-state index < -0.39 is 0 Å². The van der Waals surface area contributed by atoms with E-state index in [-0.39, 0.29) is 0 Å². The van der Waals surface area contributed by atoms with Gasteiger partial charge >= 0.3 is 0 Å². The van der Waals surface area contributed by atoms with Gasteiger partial charge in [0.25, 0.3) is 0 Å². The zero-order chi connectivity index (χ0) is 20.2. The molecule has 0 fully saturated rings. The predicted octanol–water partition coefficient (Wildman–Crippen LogP) is 4.14. The summed E-state index contributed by atoms with van der Waals surface area (Å²) in [5.74, 6) is 2.60. The van der Waals surface area contributed by atoms with Gasteiger partial charge in [-0.3, -0.25) is 4.57 Å². The molecule has 0 bridgehead atoms. The van der Waals surface area contributed by atoms with Crippen molar-refractivity contribution in [2.24, 2.45) is 0 Å². The maximum absolute atomic E-state index is 6.46. The Morgan fingerprint density at radius 2 is 1.87 bits per heavy atom. The molecule has 5 aromatic rings. The van der Waals surface area contributed by atoms with Crippen LogP contribution < -0.4 is 5.32 Å². The van der Waals surface area contributed by atoms with Crippen molar-refractivity contribution in [2.75, 3.05) is 5.32 Å². The van der Waals surface area contributed by atoms with Crippen LogP contribution in [0.3, 0.4) is 0 Å². The van der Waals surface area contributed by atoms with Gasteiger partial charge in [0.2, 0.25) is 0 Å². The first-order chi connectivity index (χ1) is 14.7. The van der Waals surface area contributed by atoms with Crippen molar-refractivity contribution in [1.29, 1.82) is 0 Å². The number of halogens is 1. The molecule has 0 saturated carbocycles. The normalized spacial score (nSPS) is 12.9. The summed E-state index contributed by atoms with van der Waals surface area (Å²) in [6.45, 7) is 2.39. The SMILES string of the molecule is Cc1nn2c(nc(NCc3nnc4n3-c3ccccc3CC4)c3ccccc32)c1Cl. The summed E-state index contributed by atoms with van der Waals surface area (Å²) in [5, 5.41) is 18.4. The molecular formula is C22H18ClN7. The van der Waals surface area contributed by atoms with Crippen molar-refractivity contribution in [3.63, 3.8) is 0 Å². The molecule has 0 aliphatic carbocycles. The molecule has 0 radical (unpaired) electrons. The third-order valence-corrected chi connectivity index (χ3v) is 6.07. The molecule has 0 atom stereocenters. The molecule has 2 aromatic carbocycles. The maximum atomic E-state index is 6.46. The Kier molecular flexibility index (Phi) is 3.79. The van der Waals surface area contributed by atoms with Gasteiger partial charge in [-0.15, -0.1) is 10.2 Å². The zero-order valence-electron chi connectivity index (χ0n) is 16.3. The van der Waals surface area contributed by atoms with Crippen LogP contribution in [0.1, 0.15) is 22.9 Å². The lowest BCUT2D eigenvalue weighted by Gasteiger charge is -2.19. The number of para-hydroxylation sites is 2. The molecule has 6 rings (SSSR count). The molecule has 3 aromatic heterocycles. The Balaban J connectivity index is 1.43. The number of aryl methyl sites for hydroxylation is 3. The number of benzene rings is 2. The number of anilines is 1. The van der Waals surface area contributed by atoms with Crippen molar-refractivity contribution in [3.8, 4) is 5.69 Å². The third-order valence-electron chi connectivity index (χ3n) is 5.63. The number of nitrogens with one attached hydrogen (secondary N) is 1. The first-order valence-corrected chi connectivity index (χ1v) is 10.3. The molecule has 1 aliphatic heterocycles. The average molecular weight is 416 g/mol. The lowest BCUT2D eigenvalue weighted by atomic mass is 10.0. The van der Waals surface area contributed by atoms with Crippen LogP contribution in [0.2, 0.25) is 5.02 Å². The fraction of sp³-hybridized carbons (Fsp3) is 0.182. The number of rotatable bonds is 3. The van der Waals surface area contributed by atoms with Crippen molar-refractivity contribution < 1.29 is 0 Å². The zero-order valence-corrected chi connectivity index (χ0v) is 17.1. The van der Waals surface area contributed by atoms with Crippen molar-refractivity contribution >= 4 is 34.0 Å². The van der Waals surface area contributed by atoms with Gasteiger partial charge < -0.3 is 5.32 Å². The summed E-state index contributed by atoms with van der Waals surface area (Å²) >= 11 is 6.46. The van der Waals surface area contributed by atoms with E-state index in [1.165, 1.54) is 5.56 Å². The van der Waals surface area contributed by atoms with Gasteiger partial charge in [0.1, 0.15) is 16.7 Å². The van der Waals surface area contributed by atoms with Gasteiger partial charge in [-0.05, 0) is 37.1 Å². The summed E-state index contributed by atoms with van der Waals surface area (Å²) < 4.78 is 3.95. The molecule has 8 heteroatoms. The molecule has 0 saturated heterocycles. The van der Waals surface area contributed by atoms with Crippen LogP contribution in [0.4, 0.5) is 5.82 Å². The Labute approximate surface area is 177 Å². The van der Waals surface area contributed by atoms with Crippen molar-refractivity contribution in [1.82, 2.24) is 29.4 Å². The quantitative estimate of drug-likeness (QED) is 0.479. The lowest BCUT2D eigenvalue weighted by Crippen LogP contribution is -2.16. The second-order valence-electron chi connectivity index (χ2n) is 7.46. The average Bonchev–Trinajstić information content (AvgIpc) is 3.33. The van der Waals surface area contributed by atoms with Gasteiger partial charge in [-0.25, -0.2) is 9.50 Å². The minimum Gasteiger partial charge on any atom is -0.362 e. The Morgan fingerprint density at radius 3 is 2.80 bits per heavy atom. The van der Waals surface area contributed by atoms with E-state index in [0.29, 0.717) is 17.2 Å². The van der Waals surface area contributed by atoms with Gasteiger partial charge in [0, 0.05) is 11.8 Å². The van der Waals surface area contributed by atoms with Crippen LogP contribution in [-0.4, -0.2) is 29.4 Å². The number of hydrogen-bond donors (Lipinski definition) is 1. The predicted molar refractivity (Wildman–Crippen MR) is 116 cm³/mol. The maximum Gasteiger partial charge on any atom is 0.176 e. The first kappa shape index (κ1) is 17.4. The van der Waals surface area contributed by atoms with Gasteiger partial charge in [0.15, 0.2) is 11.5 Å². The Hall–Kier alpha value is -3.45. The number of nitrogens with zero attached hydrogens (tertiary/aromatic N) is 6. The topological polar surface area (TPSA) is 72.9 Å². The second-order valence-corrected chi connectivity index (χ2v) is 7.84. The summed E-state index contributed by atoms with van der Waals surface area (Å²) in [6.07, 6.45) is 1.88. The highest BCUT2D eigenvalue weighted by Gasteiger charge is 2.21. The molecule has 0 spiro atoms.